The van der Waals surface area contributed by atoms with Crippen LogP contribution in [0.2, 0.25) is 0 Å². The zero-order chi connectivity index (χ0) is 26.1. The van der Waals surface area contributed by atoms with Crippen molar-refractivity contribution in [3.63, 3.8) is 0 Å². The number of alkyl halides is 3. The summed E-state index contributed by atoms with van der Waals surface area (Å²) in [5.74, 6) is -1.70. The molecule has 1 fully saturated rings. The minimum Gasteiger partial charge on any atom is -0.413 e. The molecule has 0 saturated carbocycles. The molecule has 10 heteroatoms. The largest absolute Gasteiger partial charge is 0.470 e. The Kier molecular flexibility index (Phi) is 7.08. The molecule has 0 bridgehead atoms. The van der Waals surface area contributed by atoms with Crippen LogP contribution in [0.4, 0.5) is 23.2 Å². The van der Waals surface area contributed by atoms with Crippen LogP contribution in [-0.2, 0) is 12.7 Å². The Morgan fingerprint density at radius 2 is 1.67 bits per heavy atom. The number of halogens is 4. The fourth-order valence-electron chi connectivity index (χ4n) is 4.18. The molecular weight excluding hydrogens is 474 g/mol. The third-order valence-electron chi connectivity index (χ3n) is 6.27. The molecule has 0 unspecified atom stereocenters. The average molecular weight is 504 g/mol. The van der Waals surface area contributed by atoms with Gasteiger partial charge < -0.3 is 14.2 Å². The lowest BCUT2D eigenvalue weighted by Crippen LogP contribution is -2.54. The molecule has 2 aromatic carbocycles. The van der Waals surface area contributed by atoms with Crippen molar-refractivity contribution in [3.05, 3.63) is 78.2 Å². The van der Waals surface area contributed by atoms with Gasteiger partial charge >= 0.3 is 12.1 Å². The maximum Gasteiger partial charge on any atom is 0.470 e. The maximum absolute atomic E-state index is 15.2. The molecule has 2 heterocycles. The number of aromatic nitrogens is 2. The van der Waals surface area contributed by atoms with E-state index in [1.807, 2.05) is 35.2 Å². The van der Waals surface area contributed by atoms with Gasteiger partial charge in [-0.3, -0.25) is 4.90 Å². The Balaban J connectivity index is 1.55. The van der Waals surface area contributed by atoms with E-state index in [4.69, 9.17) is 0 Å². The van der Waals surface area contributed by atoms with Crippen LogP contribution >= 0.6 is 0 Å². The average Bonchev–Trinajstić information content (AvgIpc) is 3.34. The second-order valence-corrected chi connectivity index (χ2v) is 9.70. The number of nitrogens with zero attached hydrogens (tertiary/aromatic N) is 5. The number of para-hydroxylation sites is 1. The first-order valence-electron chi connectivity index (χ1n) is 11.6. The Bertz CT molecular complexity index is 1200. The van der Waals surface area contributed by atoms with Crippen molar-refractivity contribution >= 4 is 5.69 Å². The first kappa shape index (κ1) is 25.7. The van der Waals surface area contributed by atoms with Gasteiger partial charge in [0.2, 0.25) is 5.89 Å². The summed E-state index contributed by atoms with van der Waals surface area (Å²) < 4.78 is 58.2. The van der Waals surface area contributed by atoms with Crippen LogP contribution in [-0.4, -0.2) is 51.7 Å². The van der Waals surface area contributed by atoms with Crippen LogP contribution in [0, 0.1) is 5.82 Å². The number of rotatable bonds is 6. The van der Waals surface area contributed by atoms with Gasteiger partial charge in [-0.05, 0) is 45.0 Å². The molecule has 0 aliphatic carbocycles. The van der Waals surface area contributed by atoms with Gasteiger partial charge in [-0.25, -0.2) is 4.39 Å². The molecule has 0 spiro atoms. The highest BCUT2D eigenvalue weighted by Gasteiger charge is 2.38. The van der Waals surface area contributed by atoms with Crippen molar-refractivity contribution in [1.82, 2.24) is 20.0 Å². The summed E-state index contributed by atoms with van der Waals surface area (Å²) in [6.07, 6.45) is -4.77. The standard InChI is InChI=1S/C26H29F4N5O/c1-18(33-12-14-34(15-13-33)25(2,3)4)35(21-8-6-5-7-9-21)17-20-11-10-19(16-22(20)27)23-31-32-24(36-23)26(28,29)30/h5-11,16H,1,12-15,17H2,2-4H3. The molecule has 4 rings (SSSR count). The van der Waals surface area contributed by atoms with Gasteiger partial charge in [0.1, 0.15) is 11.6 Å². The highest BCUT2D eigenvalue weighted by atomic mass is 19.4. The summed E-state index contributed by atoms with van der Waals surface area (Å²) in [7, 11) is 0. The van der Waals surface area contributed by atoms with Crippen molar-refractivity contribution in [3.8, 4) is 11.5 Å². The van der Waals surface area contributed by atoms with E-state index in [-0.39, 0.29) is 17.6 Å². The molecule has 3 aromatic rings. The molecule has 1 aromatic heterocycles. The van der Waals surface area contributed by atoms with Gasteiger partial charge in [0.05, 0.1) is 6.54 Å². The van der Waals surface area contributed by atoms with E-state index in [1.54, 1.807) is 0 Å². The molecule has 1 saturated heterocycles. The predicted molar refractivity (Wildman–Crippen MR) is 129 cm³/mol. The predicted octanol–water partition coefficient (Wildman–Crippen LogP) is 5.79. The quantitative estimate of drug-likeness (QED) is 0.397. The lowest BCUT2D eigenvalue weighted by molar-refractivity contribution is -0.156. The highest BCUT2D eigenvalue weighted by Crippen LogP contribution is 2.31. The third-order valence-corrected chi connectivity index (χ3v) is 6.27. The van der Waals surface area contributed by atoms with E-state index in [0.29, 0.717) is 5.56 Å². The fourth-order valence-corrected chi connectivity index (χ4v) is 4.18. The molecule has 1 aliphatic rings. The molecule has 0 N–H and O–H groups in total. The minimum atomic E-state index is -4.77. The van der Waals surface area contributed by atoms with Crippen molar-refractivity contribution in [2.45, 2.75) is 39.0 Å². The van der Waals surface area contributed by atoms with Crippen LogP contribution < -0.4 is 4.90 Å². The Morgan fingerprint density at radius 1 is 1.00 bits per heavy atom. The van der Waals surface area contributed by atoms with Crippen molar-refractivity contribution in [2.75, 3.05) is 31.1 Å². The van der Waals surface area contributed by atoms with Crippen LogP contribution in [0.5, 0.6) is 0 Å². The second-order valence-electron chi connectivity index (χ2n) is 9.70. The maximum atomic E-state index is 15.2. The van der Waals surface area contributed by atoms with E-state index >= 15 is 4.39 Å². The second kappa shape index (κ2) is 9.93. The summed E-state index contributed by atoms with van der Waals surface area (Å²) >= 11 is 0. The van der Waals surface area contributed by atoms with Crippen LogP contribution in [0.3, 0.4) is 0 Å². The lowest BCUT2D eigenvalue weighted by Gasteiger charge is -2.45. The Morgan fingerprint density at radius 3 is 2.22 bits per heavy atom. The third kappa shape index (κ3) is 5.70. The smallest absolute Gasteiger partial charge is 0.413 e. The number of piperazine rings is 1. The number of anilines is 1. The molecule has 0 radical (unpaired) electrons. The van der Waals surface area contributed by atoms with E-state index < -0.39 is 23.8 Å². The van der Waals surface area contributed by atoms with Gasteiger partial charge in [0.25, 0.3) is 0 Å². The van der Waals surface area contributed by atoms with E-state index in [1.165, 1.54) is 12.1 Å². The van der Waals surface area contributed by atoms with Gasteiger partial charge in [-0.15, -0.1) is 10.2 Å². The molecule has 36 heavy (non-hydrogen) atoms. The summed E-state index contributed by atoms with van der Waals surface area (Å²) in [5, 5.41) is 6.41. The summed E-state index contributed by atoms with van der Waals surface area (Å²) in [5.41, 5.74) is 1.36. The zero-order valence-electron chi connectivity index (χ0n) is 20.5. The normalized spacial score (nSPS) is 15.2. The van der Waals surface area contributed by atoms with E-state index in [9.17, 15) is 13.2 Å². The fraction of sp³-hybridized carbons (Fsp3) is 0.385. The van der Waals surface area contributed by atoms with Gasteiger partial charge in [-0.2, -0.15) is 13.2 Å². The SMILES string of the molecule is C=C(N1CCN(C(C)(C)C)CC1)N(Cc1ccc(-c2nnc(C(F)(F)F)o2)cc1F)c1ccccc1. The van der Waals surface area contributed by atoms with Crippen molar-refractivity contribution in [1.29, 1.82) is 0 Å². The van der Waals surface area contributed by atoms with Gasteiger partial charge in [-0.1, -0.05) is 30.8 Å². The molecule has 0 atom stereocenters. The van der Waals surface area contributed by atoms with Crippen LogP contribution in [0.25, 0.3) is 11.5 Å². The van der Waals surface area contributed by atoms with Crippen LogP contribution in [0.15, 0.2) is 65.3 Å². The minimum absolute atomic E-state index is 0.0719. The Hall–Kier alpha value is -3.40. The molecule has 192 valence electrons. The van der Waals surface area contributed by atoms with Crippen LogP contribution in [0.1, 0.15) is 32.2 Å². The Labute approximate surface area is 207 Å². The van der Waals surface area contributed by atoms with Crippen molar-refractivity contribution in [2.24, 2.45) is 0 Å². The van der Waals surface area contributed by atoms with Gasteiger partial charge in [0, 0.05) is 48.5 Å². The van der Waals surface area contributed by atoms with Gasteiger partial charge in [0.15, 0.2) is 0 Å². The van der Waals surface area contributed by atoms with Crippen molar-refractivity contribution < 1.29 is 22.0 Å². The highest BCUT2D eigenvalue weighted by molar-refractivity contribution is 5.55. The first-order chi connectivity index (χ1) is 16.9. The molecule has 6 nitrogen and oxygen atoms in total. The van der Waals surface area contributed by atoms with E-state index in [2.05, 4.69) is 51.8 Å². The molecular formula is C26H29F4N5O. The summed E-state index contributed by atoms with van der Waals surface area (Å²) in [4.78, 5) is 6.56. The summed E-state index contributed by atoms with van der Waals surface area (Å²) in [6, 6.07) is 13.7. The first-order valence-corrected chi connectivity index (χ1v) is 11.6. The molecule has 1 aliphatic heterocycles. The molecule has 0 amide bonds. The number of hydrogen-bond acceptors (Lipinski definition) is 6. The topological polar surface area (TPSA) is 48.6 Å². The monoisotopic (exact) mass is 503 g/mol. The number of benzene rings is 2. The number of hydrogen-bond donors (Lipinski definition) is 0. The van der Waals surface area contributed by atoms with E-state index in [0.717, 1.165) is 43.8 Å². The zero-order valence-corrected chi connectivity index (χ0v) is 20.5. The lowest BCUT2D eigenvalue weighted by atomic mass is 10.0. The summed E-state index contributed by atoms with van der Waals surface area (Å²) in [6.45, 7) is 14.5.